The Bertz CT molecular complexity index is 1310. The first kappa shape index (κ1) is 26.6. The van der Waals surface area contributed by atoms with Crippen LogP contribution >= 0.6 is 23.2 Å². The van der Waals surface area contributed by atoms with E-state index in [2.05, 4.69) is 10.5 Å². The number of aliphatic hydroxyl groups is 2. The van der Waals surface area contributed by atoms with Gasteiger partial charge in [-0.25, -0.2) is 5.48 Å². The van der Waals surface area contributed by atoms with Crippen LogP contribution in [0.25, 0.3) is 0 Å². The summed E-state index contributed by atoms with van der Waals surface area (Å²) in [6.45, 7) is 0.0377. The maximum absolute atomic E-state index is 14.0. The first-order chi connectivity index (χ1) is 18.4. The second-order valence-electron chi connectivity index (χ2n) is 9.52. The lowest BCUT2D eigenvalue weighted by Crippen LogP contribution is -2.60. The van der Waals surface area contributed by atoms with Crippen LogP contribution in [-0.2, 0) is 16.2 Å². The molecule has 5 atom stereocenters. The molecule has 38 heavy (non-hydrogen) atoms. The molecule has 2 aliphatic rings. The number of fused-ring (bicyclic) bond motifs is 1. The standard InChI is InChI=1S/C28H27Cl2N3O5/c29-16-11-12-20(21(30)14-16)25-24(27(36)32-38-15-17-6-3-4-13-31-17)18-7-1-2-8-19(18)28(37)33(25)26-22(34)9-5-10-23(26)35/h1-4,6-8,11-14,22-26,34-35H,5,9-10,15H2,(H,32,36)/t22-,23+,24?,25-,26?/m0/s1. The van der Waals surface area contributed by atoms with Crippen molar-refractivity contribution >= 4 is 35.0 Å². The molecule has 2 heterocycles. The Morgan fingerprint density at radius 3 is 2.47 bits per heavy atom. The number of benzene rings is 2. The van der Waals surface area contributed by atoms with Crippen molar-refractivity contribution in [1.29, 1.82) is 0 Å². The van der Waals surface area contributed by atoms with Crippen LogP contribution in [0.5, 0.6) is 0 Å². The minimum absolute atomic E-state index is 0.0377. The maximum Gasteiger partial charge on any atom is 0.255 e. The number of aliphatic hydroxyl groups excluding tert-OH is 2. The summed E-state index contributed by atoms with van der Waals surface area (Å²) in [5.41, 5.74) is 4.41. The van der Waals surface area contributed by atoms with E-state index in [4.69, 9.17) is 28.0 Å². The van der Waals surface area contributed by atoms with Crippen LogP contribution in [0.15, 0.2) is 66.9 Å². The largest absolute Gasteiger partial charge is 0.391 e. The molecule has 0 bridgehead atoms. The van der Waals surface area contributed by atoms with Gasteiger partial charge in [-0.2, -0.15) is 0 Å². The van der Waals surface area contributed by atoms with Crippen molar-refractivity contribution in [1.82, 2.24) is 15.4 Å². The molecule has 2 unspecified atom stereocenters. The smallest absolute Gasteiger partial charge is 0.255 e. The number of nitrogens with zero attached hydrogens (tertiary/aromatic N) is 2. The zero-order valence-electron chi connectivity index (χ0n) is 20.3. The monoisotopic (exact) mass is 555 g/mol. The van der Waals surface area contributed by atoms with Crippen LogP contribution in [-0.4, -0.2) is 50.2 Å². The van der Waals surface area contributed by atoms with Crippen molar-refractivity contribution in [3.8, 4) is 0 Å². The average Bonchev–Trinajstić information content (AvgIpc) is 2.90. The first-order valence-corrected chi connectivity index (χ1v) is 13.2. The van der Waals surface area contributed by atoms with Crippen LogP contribution in [0.4, 0.5) is 0 Å². The molecule has 198 valence electrons. The minimum Gasteiger partial charge on any atom is -0.391 e. The van der Waals surface area contributed by atoms with E-state index in [0.717, 1.165) is 0 Å². The summed E-state index contributed by atoms with van der Waals surface area (Å²) in [5, 5.41) is 22.6. The SMILES string of the molecule is O=C(NOCc1ccccn1)C1c2ccccc2C(=O)N(C2[C@H](O)CCC[C@@H]2O)[C@H]1c1ccc(Cl)cc1Cl. The van der Waals surface area contributed by atoms with Gasteiger partial charge in [0.2, 0.25) is 0 Å². The molecule has 5 rings (SSSR count). The van der Waals surface area contributed by atoms with Gasteiger partial charge in [0, 0.05) is 21.8 Å². The van der Waals surface area contributed by atoms with Gasteiger partial charge in [0.1, 0.15) is 6.61 Å². The summed E-state index contributed by atoms with van der Waals surface area (Å²) in [6, 6.07) is 15.1. The van der Waals surface area contributed by atoms with Gasteiger partial charge < -0.3 is 15.1 Å². The van der Waals surface area contributed by atoms with Crippen LogP contribution in [0.2, 0.25) is 10.0 Å². The second-order valence-corrected chi connectivity index (χ2v) is 10.4. The number of nitrogens with one attached hydrogen (secondary N) is 1. The molecule has 1 aliphatic heterocycles. The minimum atomic E-state index is -0.981. The normalized spacial score (nSPS) is 25.1. The lowest BCUT2D eigenvalue weighted by molar-refractivity contribution is -0.139. The van der Waals surface area contributed by atoms with Gasteiger partial charge >= 0.3 is 0 Å². The molecular weight excluding hydrogens is 529 g/mol. The van der Waals surface area contributed by atoms with Gasteiger partial charge in [0.05, 0.1) is 35.9 Å². The Labute approximate surface area is 230 Å². The van der Waals surface area contributed by atoms with Gasteiger partial charge in [-0.15, -0.1) is 0 Å². The molecule has 3 N–H and O–H groups in total. The number of pyridine rings is 1. The average molecular weight is 556 g/mol. The molecule has 10 heteroatoms. The number of carbonyl (C=O) groups excluding carboxylic acids is 2. The third-order valence-corrected chi connectivity index (χ3v) is 7.73. The number of aromatic nitrogens is 1. The van der Waals surface area contributed by atoms with Crippen LogP contribution in [0.1, 0.15) is 58.4 Å². The van der Waals surface area contributed by atoms with Gasteiger partial charge in [-0.05, 0) is 60.7 Å². The molecule has 1 aromatic heterocycles. The summed E-state index contributed by atoms with van der Waals surface area (Å²) in [4.78, 5) is 39.0. The number of carbonyl (C=O) groups is 2. The number of amides is 2. The zero-order chi connectivity index (χ0) is 26.8. The Hall–Kier alpha value is -3.01. The third-order valence-electron chi connectivity index (χ3n) is 7.17. The highest BCUT2D eigenvalue weighted by atomic mass is 35.5. The Balaban J connectivity index is 1.60. The summed E-state index contributed by atoms with van der Waals surface area (Å²) >= 11 is 12.8. The molecule has 0 spiro atoms. The van der Waals surface area contributed by atoms with E-state index in [0.29, 0.717) is 46.7 Å². The second kappa shape index (κ2) is 11.4. The molecule has 2 aromatic carbocycles. The lowest BCUT2D eigenvalue weighted by Gasteiger charge is -2.49. The third kappa shape index (κ3) is 5.15. The molecule has 2 amide bonds. The molecule has 1 saturated carbocycles. The fourth-order valence-electron chi connectivity index (χ4n) is 5.47. The van der Waals surface area contributed by atoms with E-state index in [9.17, 15) is 19.8 Å². The van der Waals surface area contributed by atoms with E-state index in [1.54, 1.807) is 60.8 Å². The molecule has 1 fully saturated rings. The maximum atomic E-state index is 14.0. The predicted molar refractivity (Wildman–Crippen MR) is 141 cm³/mol. The first-order valence-electron chi connectivity index (χ1n) is 12.4. The highest BCUT2D eigenvalue weighted by Crippen LogP contribution is 2.47. The Kier molecular flexibility index (Phi) is 7.97. The molecule has 0 radical (unpaired) electrons. The molecule has 3 aromatic rings. The molecule has 0 saturated heterocycles. The van der Waals surface area contributed by atoms with Crippen molar-refractivity contribution in [2.24, 2.45) is 0 Å². The topological polar surface area (TPSA) is 112 Å². The van der Waals surface area contributed by atoms with E-state index >= 15 is 0 Å². The number of hydrogen-bond donors (Lipinski definition) is 3. The highest BCUT2D eigenvalue weighted by Gasteiger charge is 2.51. The van der Waals surface area contributed by atoms with Crippen LogP contribution in [0.3, 0.4) is 0 Å². The summed E-state index contributed by atoms with van der Waals surface area (Å²) < 4.78 is 0. The van der Waals surface area contributed by atoms with E-state index in [1.807, 2.05) is 6.07 Å². The van der Waals surface area contributed by atoms with Crippen LogP contribution in [0, 0.1) is 0 Å². The van der Waals surface area contributed by atoms with Crippen molar-refractivity contribution in [2.75, 3.05) is 0 Å². The highest BCUT2D eigenvalue weighted by molar-refractivity contribution is 6.35. The lowest BCUT2D eigenvalue weighted by atomic mass is 9.76. The van der Waals surface area contributed by atoms with Crippen molar-refractivity contribution < 1.29 is 24.6 Å². The van der Waals surface area contributed by atoms with Gasteiger partial charge in [-0.1, -0.05) is 53.5 Å². The summed E-state index contributed by atoms with van der Waals surface area (Å²) in [6.07, 6.45) is 1.11. The van der Waals surface area contributed by atoms with Crippen molar-refractivity contribution in [2.45, 2.75) is 56.1 Å². The Morgan fingerprint density at radius 2 is 1.76 bits per heavy atom. The van der Waals surface area contributed by atoms with Crippen molar-refractivity contribution in [3.05, 3.63) is 99.3 Å². The van der Waals surface area contributed by atoms with Gasteiger partial charge in [-0.3, -0.25) is 19.4 Å². The number of hydroxylamine groups is 1. The molecule has 8 nitrogen and oxygen atoms in total. The quantitative estimate of drug-likeness (QED) is 0.393. The number of halogens is 2. The van der Waals surface area contributed by atoms with E-state index in [1.165, 1.54) is 4.90 Å². The fraction of sp³-hybridized carbons (Fsp3) is 0.321. The van der Waals surface area contributed by atoms with E-state index in [-0.39, 0.29) is 11.6 Å². The summed E-state index contributed by atoms with van der Waals surface area (Å²) in [5.74, 6) is -1.88. The van der Waals surface area contributed by atoms with Crippen LogP contribution < -0.4 is 5.48 Å². The number of hydrogen-bond acceptors (Lipinski definition) is 6. The summed E-state index contributed by atoms with van der Waals surface area (Å²) in [7, 11) is 0. The predicted octanol–water partition coefficient (Wildman–Crippen LogP) is 4.19. The zero-order valence-corrected chi connectivity index (χ0v) is 21.8. The molecule has 1 aliphatic carbocycles. The van der Waals surface area contributed by atoms with Gasteiger partial charge in [0.25, 0.3) is 11.8 Å². The Morgan fingerprint density at radius 1 is 1.03 bits per heavy atom. The van der Waals surface area contributed by atoms with Crippen molar-refractivity contribution in [3.63, 3.8) is 0 Å². The van der Waals surface area contributed by atoms with E-state index < -0.39 is 42.0 Å². The van der Waals surface area contributed by atoms with Gasteiger partial charge in [0.15, 0.2) is 0 Å². The fourth-order valence-corrected chi connectivity index (χ4v) is 5.99. The molecular formula is C28H27Cl2N3O5. The number of rotatable bonds is 6.